The summed E-state index contributed by atoms with van der Waals surface area (Å²) in [6.45, 7) is 0. The predicted octanol–water partition coefficient (Wildman–Crippen LogP) is 4.16. The molecule has 0 radical (unpaired) electrons. The topological polar surface area (TPSA) is 23.8 Å². The molecule has 0 amide bonds. The number of nitrogens with zero attached hydrogens (tertiary/aromatic N) is 1. The summed E-state index contributed by atoms with van der Waals surface area (Å²) in [5.74, 6) is -1.48. The molecule has 0 saturated heterocycles. The van der Waals surface area contributed by atoms with E-state index in [0.717, 1.165) is 6.07 Å². The highest BCUT2D eigenvalue weighted by Crippen LogP contribution is 2.30. The largest absolute Gasteiger partial charge is 0.206 e. The zero-order valence-electron chi connectivity index (χ0n) is 8.55. The second-order valence-corrected chi connectivity index (χ2v) is 3.81. The fraction of sp³-hybridized carbons (Fsp3) is 0. The molecule has 0 unspecified atom stereocenters. The van der Waals surface area contributed by atoms with E-state index >= 15 is 0 Å². The predicted molar refractivity (Wildman–Crippen MR) is 61.5 cm³/mol. The fourth-order valence-electron chi connectivity index (χ4n) is 1.50. The van der Waals surface area contributed by atoms with Gasteiger partial charge in [0.25, 0.3) is 0 Å². The minimum absolute atomic E-state index is 0.134. The molecule has 84 valence electrons. The molecule has 4 heteroatoms. The molecule has 0 aromatic heterocycles. The molecular weight excluding hydrogens is 244 g/mol. The number of hydrogen-bond donors (Lipinski definition) is 0. The first kappa shape index (κ1) is 11.6. The van der Waals surface area contributed by atoms with Gasteiger partial charge in [0, 0.05) is 0 Å². The number of hydrogen-bond acceptors (Lipinski definition) is 1. The van der Waals surface area contributed by atoms with Gasteiger partial charge in [-0.25, -0.2) is 8.78 Å². The van der Waals surface area contributed by atoms with Crippen molar-refractivity contribution in [3.8, 4) is 17.2 Å². The Morgan fingerprint density at radius 3 is 2.24 bits per heavy atom. The van der Waals surface area contributed by atoms with Crippen LogP contribution >= 0.6 is 11.6 Å². The van der Waals surface area contributed by atoms with E-state index in [2.05, 4.69) is 0 Å². The second-order valence-electron chi connectivity index (χ2n) is 3.41. The van der Waals surface area contributed by atoms with Crippen LogP contribution in [0.5, 0.6) is 0 Å². The van der Waals surface area contributed by atoms with E-state index < -0.39 is 11.6 Å². The van der Waals surface area contributed by atoms with Crippen molar-refractivity contribution in [1.29, 1.82) is 5.26 Å². The van der Waals surface area contributed by atoms with Crippen molar-refractivity contribution in [2.45, 2.75) is 0 Å². The molecule has 0 aliphatic rings. The zero-order valence-corrected chi connectivity index (χ0v) is 9.30. The molecule has 2 aromatic rings. The van der Waals surface area contributed by atoms with Crippen LogP contribution in [0.2, 0.25) is 5.02 Å². The van der Waals surface area contributed by atoms with Gasteiger partial charge in [0.2, 0.25) is 0 Å². The van der Waals surface area contributed by atoms with E-state index in [1.54, 1.807) is 0 Å². The normalized spacial score (nSPS) is 10.0. The number of benzene rings is 2. The summed E-state index contributed by atoms with van der Waals surface area (Å²) in [5.41, 5.74) is 0.597. The van der Waals surface area contributed by atoms with Gasteiger partial charge >= 0.3 is 0 Å². The maximum absolute atomic E-state index is 13.7. The lowest BCUT2D eigenvalue weighted by Crippen LogP contribution is -1.91. The first-order valence-corrected chi connectivity index (χ1v) is 5.15. The van der Waals surface area contributed by atoms with Gasteiger partial charge in [-0.05, 0) is 29.8 Å². The first-order chi connectivity index (χ1) is 8.13. The third-order valence-corrected chi connectivity index (χ3v) is 2.64. The summed E-state index contributed by atoms with van der Waals surface area (Å²) in [7, 11) is 0. The van der Waals surface area contributed by atoms with E-state index in [1.165, 1.54) is 30.3 Å². The highest BCUT2D eigenvalue weighted by atomic mass is 35.5. The molecule has 0 fully saturated rings. The molecule has 2 rings (SSSR count). The average Bonchev–Trinajstić information content (AvgIpc) is 2.35. The van der Waals surface area contributed by atoms with Crippen LogP contribution in [-0.4, -0.2) is 0 Å². The van der Waals surface area contributed by atoms with Crippen molar-refractivity contribution in [3.63, 3.8) is 0 Å². The van der Waals surface area contributed by atoms with Crippen molar-refractivity contribution in [2.75, 3.05) is 0 Å². The SMILES string of the molecule is N#Cc1ccc(-c2c(F)ccc(Cl)c2F)cc1. The Hall–Kier alpha value is -1.92. The zero-order chi connectivity index (χ0) is 12.4. The minimum atomic E-state index is -0.795. The summed E-state index contributed by atoms with van der Waals surface area (Å²) in [4.78, 5) is 0. The maximum atomic E-state index is 13.7. The third kappa shape index (κ3) is 2.13. The Balaban J connectivity index is 2.60. The van der Waals surface area contributed by atoms with Crippen LogP contribution in [0.1, 0.15) is 5.56 Å². The number of halogens is 3. The van der Waals surface area contributed by atoms with Crippen molar-refractivity contribution in [1.82, 2.24) is 0 Å². The summed E-state index contributed by atoms with van der Waals surface area (Å²) in [6.07, 6.45) is 0. The van der Waals surface area contributed by atoms with Gasteiger partial charge in [-0.1, -0.05) is 23.7 Å². The quantitative estimate of drug-likeness (QED) is 0.697. The molecule has 0 aliphatic heterocycles. The Morgan fingerprint density at radius 2 is 1.65 bits per heavy atom. The standard InChI is InChI=1S/C13H6ClF2N/c14-10-5-6-11(15)12(13(10)16)9-3-1-8(7-17)2-4-9/h1-6H. The van der Waals surface area contributed by atoms with E-state index in [-0.39, 0.29) is 10.6 Å². The molecule has 0 aliphatic carbocycles. The minimum Gasteiger partial charge on any atom is -0.206 e. The van der Waals surface area contributed by atoms with E-state index in [0.29, 0.717) is 11.1 Å². The van der Waals surface area contributed by atoms with Crippen LogP contribution in [0.25, 0.3) is 11.1 Å². The lowest BCUT2D eigenvalue weighted by Gasteiger charge is -2.06. The van der Waals surface area contributed by atoms with Crippen molar-refractivity contribution in [3.05, 3.63) is 58.6 Å². The van der Waals surface area contributed by atoms with E-state index in [9.17, 15) is 8.78 Å². The number of nitriles is 1. The van der Waals surface area contributed by atoms with Gasteiger partial charge < -0.3 is 0 Å². The molecule has 17 heavy (non-hydrogen) atoms. The molecule has 0 atom stereocenters. The average molecular weight is 250 g/mol. The van der Waals surface area contributed by atoms with E-state index in [1.807, 2.05) is 6.07 Å². The van der Waals surface area contributed by atoms with Crippen LogP contribution in [0.15, 0.2) is 36.4 Å². The monoisotopic (exact) mass is 249 g/mol. The molecule has 0 spiro atoms. The van der Waals surface area contributed by atoms with Crippen molar-refractivity contribution in [2.24, 2.45) is 0 Å². The van der Waals surface area contributed by atoms with Gasteiger partial charge in [-0.2, -0.15) is 5.26 Å². The van der Waals surface area contributed by atoms with Crippen LogP contribution in [0.3, 0.4) is 0 Å². The van der Waals surface area contributed by atoms with Gasteiger partial charge in [-0.15, -0.1) is 0 Å². The van der Waals surface area contributed by atoms with Gasteiger partial charge in [0.15, 0.2) is 5.82 Å². The molecular formula is C13H6ClF2N. The number of rotatable bonds is 1. The smallest absolute Gasteiger partial charge is 0.152 e. The van der Waals surface area contributed by atoms with Crippen molar-refractivity contribution < 1.29 is 8.78 Å². The van der Waals surface area contributed by atoms with Crippen LogP contribution < -0.4 is 0 Å². The molecule has 0 bridgehead atoms. The second kappa shape index (κ2) is 4.52. The molecule has 1 nitrogen and oxygen atoms in total. The Labute approximate surface area is 102 Å². The lowest BCUT2D eigenvalue weighted by molar-refractivity contribution is 0.590. The summed E-state index contributed by atoms with van der Waals surface area (Å²) >= 11 is 5.60. The summed E-state index contributed by atoms with van der Waals surface area (Å²) < 4.78 is 27.2. The van der Waals surface area contributed by atoms with Crippen LogP contribution in [-0.2, 0) is 0 Å². The summed E-state index contributed by atoms with van der Waals surface area (Å²) in [5, 5.41) is 8.50. The molecule has 0 heterocycles. The maximum Gasteiger partial charge on any atom is 0.152 e. The molecule has 0 saturated carbocycles. The fourth-order valence-corrected chi connectivity index (χ4v) is 1.66. The summed E-state index contributed by atoms with van der Waals surface area (Å²) in [6, 6.07) is 10.2. The Morgan fingerprint density at radius 1 is 1.00 bits per heavy atom. The van der Waals surface area contributed by atoms with Crippen LogP contribution in [0.4, 0.5) is 8.78 Å². The van der Waals surface area contributed by atoms with Gasteiger partial charge in [-0.3, -0.25) is 0 Å². The van der Waals surface area contributed by atoms with Crippen LogP contribution in [0, 0.1) is 23.0 Å². The third-order valence-electron chi connectivity index (χ3n) is 2.35. The lowest BCUT2D eigenvalue weighted by atomic mass is 10.0. The van der Waals surface area contributed by atoms with Crippen molar-refractivity contribution >= 4 is 11.6 Å². The Kier molecular flexibility index (Phi) is 3.08. The Bertz CT molecular complexity index is 600. The van der Waals surface area contributed by atoms with E-state index in [4.69, 9.17) is 16.9 Å². The van der Waals surface area contributed by atoms with Gasteiger partial charge in [0.05, 0.1) is 22.2 Å². The first-order valence-electron chi connectivity index (χ1n) is 4.77. The highest BCUT2D eigenvalue weighted by Gasteiger charge is 2.14. The molecule has 0 N–H and O–H groups in total. The van der Waals surface area contributed by atoms with Gasteiger partial charge in [0.1, 0.15) is 5.82 Å². The highest BCUT2D eigenvalue weighted by molar-refractivity contribution is 6.31. The molecule has 2 aromatic carbocycles.